The summed E-state index contributed by atoms with van der Waals surface area (Å²) < 4.78 is 11.3. The van der Waals surface area contributed by atoms with Gasteiger partial charge in [-0.25, -0.2) is 0 Å². The van der Waals surface area contributed by atoms with Gasteiger partial charge in [0.1, 0.15) is 17.1 Å². The van der Waals surface area contributed by atoms with Crippen LogP contribution in [0.2, 0.25) is 5.02 Å². The van der Waals surface area contributed by atoms with Crippen LogP contribution in [0.25, 0.3) is 22.3 Å². The standard InChI is InChI=1S/C24H17ClO4/c1-28-18-12-8-16(9-13-18)24-20(14-21(26)15-6-10-17(25)11-7-15)23(27)19-4-2-3-5-22(19)29-24/h2-13H,14H2,1H3. The smallest absolute Gasteiger partial charge is 0.196 e. The lowest BCUT2D eigenvalue weighted by Crippen LogP contribution is -2.16. The Kier molecular flexibility index (Phi) is 5.19. The van der Waals surface area contributed by atoms with Gasteiger partial charge in [-0.15, -0.1) is 0 Å². The molecule has 0 saturated carbocycles. The molecular weight excluding hydrogens is 388 g/mol. The van der Waals surface area contributed by atoms with Crippen molar-refractivity contribution in [1.29, 1.82) is 0 Å². The number of rotatable bonds is 5. The van der Waals surface area contributed by atoms with Crippen LogP contribution in [0, 0.1) is 0 Å². The van der Waals surface area contributed by atoms with Crippen molar-refractivity contribution in [1.82, 2.24) is 0 Å². The molecule has 0 spiro atoms. The molecule has 1 heterocycles. The summed E-state index contributed by atoms with van der Waals surface area (Å²) in [6.07, 6.45) is -0.0733. The number of carbonyl (C=O) groups is 1. The minimum absolute atomic E-state index is 0.0733. The molecule has 0 N–H and O–H groups in total. The Hall–Kier alpha value is -3.37. The molecule has 0 radical (unpaired) electrons. The molecule has 0 unspecified atom stereocenters. The van der Waals surface area contributed by atoms with Crippen LogP contribution in [0.5, 0.6) is 5.75 Å². The first-order valence-corrected chi connectivity index (χ1v) is 9.42. The number of hydrogen-bond acceptors (Lipinski definition) is 4. The van der Waals surface area contributed by atoms with Gasteiger partial charge >= 0.3 is 0 Å². The minimum atomic E-state index is -0.208. The summed E-state index contributed by atoms with van der Waals surface area (Å²) in [7, 11) is 1.58. The zero-order valence-electron chi connectivity index (χ0n) is 15.6. The van der Waals surface area contributed by atoms with Gasteiger partial charge in [-0.05, 0) is 60.7 Å². The summed E-state index contributed by atoms with van der Waals surface area (Å²) in [5.41, 5.74) is 1.79. The summed E-state index contributed by atoms with van der Waals surface area (Å²) in [5, 5.41) is 0.995. The Labute approximate surface area is 172 Å². The third-order valence-corrected chi connectivity index (χ3v) is 5.00. The number of para-hydroxylation sites is 1. The minimum Gasteiger partial charge on any atom is -0.497 e. The predicted molar refractivity (Wildman–Crippen MR) is 114 cm³/mol. The van der Waals surface area contributed by atoms with E-state index in [4.69, 9.17) is 20.8 Å². The number of carbonyl (C=O) groups excluding carboxylic acids is 1. The van der Waals surface area contributed by atoms with Crippen LogP contribution in [0.3, 0.4) is 0 Å². The Bertz CT molecular complexity index is 1240. The Balaban J connectivity index is 1.85. The second-order valence-electron chi connectivity index (χ2n) is 6.57. The van der Waals surface area contributed by atoms with Crippen LogP contribution >= 0.6 is 11.6 Å². The normalized spacial score (nSPS) is 10.8. The van der Waals surface area contributed by atoms with Crippen molar-refractivity contribution >= 4 is 28.4 Å². The molecule has 0 aliphatic heterocycles. The highest BCUT2D eigenvalue weighted by atomic mass is 35.5. The van der Waals surface area contributed by atoms with Crippen molar-refractivity contribution in [3.63, 3.8) is 0 Å². The number of halogens is 1. The maximum Gasteiger partial charge on any atom is 0.196 e. The van der Waals surface area contributed by atoms with Crippen molar-refractivity contribution in [2.45, 2.75) is 6.42 Å². The van der Waals surface area contributed by atoms with Crippen LogP contribution in [-0.4, -0.2) is 12.9 Å². The lowest BCUT2D eigenvalue weighted by Gasteiger charge is -2.11. The maximum atomic E-state index is 13.2. The summed E-state index contributed by atoms with van der Waals surface area (Å²) in [4.78, 5) is 26.1. The molecule has 0 atom stereocenters. The molecule has 0 amide bonds. The Morgan fingerprint density at radius 1 is 0.966 bits per heavy atom. The third-order valence-electron chi connectivity index (χ3n) is 4.75. The van der Waals surface area contributed by atoms with Crippen LogP contribution in [-0.2, 0) is 6.42 Å². The molecule has 0 fully saturated rings. The number of Topliss-reactive ketones (excluding diaryl/α,β-unsaturated/α-hetero) is 1. The molecule has 4 rings (SSSR count). The van der Waals surface area contributed by atoms with Crippen LogP contribution in [0.1, 0.15) is 15.9 Å². The number of hydrogen-bond donors (Lipinski definition) is 0. The molecule has 144 valence electrons. The lowest BCUT2D eigenvalue weighted by atomic mass is 9.97. The van der Waals surface area contributed by atoms with Crippen molar-refractivity contribution in [2.75, 3.05) is 7.11 Å². The molecule has 0 aliphatic rings. The first-order chi connectivity index (χ1) is 14.1. The zero-order valence-corrected chi connectivity index (χ0v) is 16.4. The van der Waals surface area contributed by atoms with Crippen molar-refractivity contribution in [3.8, 4) is 17.1 Å². The summed E-state index contributed by atoms with van der Waals surface area (Å²) in [5.74, 6) is 0.897. The predicted octanol–water partition coefficient (Wildman–Crippen LogP) is 5.55. The monoisotopic (exact) mass is 404 g/mol. The quantitative estimate of drug-likeness (QED) is 0.409. The van der Waals surface area contributed by atoms with Crippen LogP contribution in [0.15, 0.2) is 82.0 Å². The van der Waals surface area contributed by atoms with E-state index >= 15 is 0 Å². The SMILES string of the molecule is COc1ccc(-c2oc3ccccc3c(=O)c2CC(=O)c2ccc(Cl)cc2)cc1. The van der Waals surface area contributed by atoms with Gasteiger partial charge in [-0.3, -0.25) is 9.59 Å². The van der Waals surface area contributed by atoms with E-state index in [1.165, 1.54) is 0 Å². The van der Waals surface area contributed by atoms with E-state index in [0.717, 1.165) is 0 Å². The highest BCUT2D eigenvalue weighted by molar-refractivity contribution is 6.30. The van der Waals surface area contributed by atoms with Gasteiger partial charge in [-0.2, -0.15) is 0 Å². The number of ketones is 1. The molecule has 0 bridgehead atoms. The molecule has 0 saturated heterocycles. The number of ether oxygens (including phenoxy) is 1. The van der Waals surface area contributed by atoms with Gasteiger partial charge in [0.05, 0.1) is 18.1 Å². The van der Waals surface area contributed by atoms with Crippen molar-refractivity contribution in [2.24, 2.45) is 0 Å². The Morgan fingerprint density at radius 2 is 1.66 bits per heavy atom. The van der Waals surface area contributed by atoms with E-state index in [0.29, 0.717) is 44.2 Å². The van der Waals surface area contributed by atoms with E-state index in [1.54, 1.807) is 61.7 Å². The second kappa shape index (κ2) is 7.94. The van der Waals surface area contributed by atoms with Gasteiger partial charge in [-0.1, -0.05) is 23.7 Å². The third kappa shape index (κ3) is 3.80. The van der Waals surface area contributed by atoms with E-state index in [9.17, 15) is 9.59 Å². The van der Waals surface area contributed by atoms with E-state index < -0.39 is 0 Å². The summed E-state index contributed by atoms with van der Waals surface area (Å²) in [6, 6.07) is 20.8. The number of methoxy groups -OCH3 is 1. The summed E-state index contributed by atoms with van der Waals surface area (Å²) in [6.45, 7) is 0. The molecule has 3 aromatic carbocycles. The van der Waals surface area contributed by atoms with Crippen LogP contribution < -0.4 is 10.2 Å². The van der Waals surface area contributed by atoms with E-state index in [2.05, 4.69) is 0 Å². The fourth-order valence-electron chi connectivity index (χ4n) is 3.21. The van der Waals surface area contributed by atoms with Gasteiger partial charge in [0.25, 0.3) is 0 Å². The highest BCUT2D eigenvalue weighted by Gasteiger charge is 2.19. The average molecular weight is 405 g/mol. The largest absolute Gasteiger partial charge is 0.497 e. The number of benzene rings is 3. The maximum absolute atomic E-state index is 13.2. The van der Waals surface area contributed by atoms with Gasteiger partial charge in [0, 0.05) is 22.6 Å². The van der Waals surface area contributed by atoms with Crippen molar-refractivity contribution < 1.29 is 13.9 Å². The highest BCUT2D eigenvalue weighted by Crippen LogP contribution is 2.28. The average Bonchev–Trinajstić information content (AvgIpc) is 2.76. The van der Waals surface area contributed by atoms with Gasteiger partial charge in [0.2, 0.25) is 0 Å². The first kappa shape index (κ1) is 19.0. The molecule has 4 aromatic rings. The molecule has 4 nitrogen and oxygen atoms in total. The molecule has 5 heteroatoms. The van der Waals surface area contributed by atoms with E-state index in [1.807, 2.05) is 18.2 Å². The van der Waals surface area contributed by atoms with Gasteiger partial charge < -0.3 is 9.15 Å². The molecule has 29 heavy (non-hydrogen) atoms. The second-order valence-corrected chi connectivity index (χ2v) is 7.01. The van der Waals surface area contributed by atoms with Crippen LogP contribution in [0.4, 0.5) is 0 Å². The molecular formula is C24H17ClO4. The molecule has 1 aromatic heterocycles. The topological polar surface area (TPSA) is 56.5 Å². The summed E-state index contributed by atoms with van der Waals surface area (Å²) >= 11 is 5.91. The first-order valence-electron chi connectivity index (χ1n) is 9.05. The van der Waals surface area contributed by atoms with Gasteiger partial charge in [0.15, 0.2) is 11.2 Å². The zero-order chi connectivity index (χ0) is 20.4. The number of fused-ring (bicyclic) bond motifs is 1. The fourth-order valence-corrected chi connectivity index (χ4v) is 3.34. The fraction of sp³-hybridized carbons (Fsp3) is 0.0833. The Morgan fingerprint density at radius 3 is 2.34 bits per heavy atom. The van der Waals surface area contributed by atoms with Crippen molar-refractivity contribution in [3.05, 3.63) is 99.2 Å². The molecule has 0 aliphatic carbocycles. The van der Waals surface area contributed by atoms with E-state index in [-0.39, 0.29) is 17.6 Å². The lowest BCUT2D eigenvalue weighted by molar-refractivity contribution is 0.0992.